The van der Waals surface area contributed by atoms with Crippen LogP contribution in [0.2, 0.25) is 0 Å². The Morgan fingerprint density at radius 2 is 2.14 bits per heavy atom. The lowest BCUT2D eigenvalue weighted by Gasteiger charge is -2.37. The van der Waals surface area contributed by atoms with Gasteiger partial charge in [0.15, 0.2) is 0 Å². The Morgan fingerprint density at radius 1 is 1.57 bits per heavy atom. The molecule has 0 aromatic carbocycles. The van der Waals surface area contributed by atoms with Gasteiger partial charge in [-0.15, -0.1) is 0 Å². The van der Waals surface area contributed by atoms with Crippen molar-refractivity contribution in [1.82, 2.24) is 5.32 Å². The molecule has 1 heterocycles. The van der Waals surface area contributed by atoms with Gasteiger partial charge in [0, 0.05) is 11.3 Å². The summed E-state index contributed by atoms with van der Waals surface area (Å²) in [4.78, 5) is 11.3. The summed E-state index contributed by atoms with van der Waals surface area (Å²) >= 11 is 1.90. The number of hydrogen-bond acceptors (Lipinski definition) is 3. The Labute approximate surface area is 90.0 Å². The topological polar surface area (TPSA) is 38.3 Å². The number of ether oxygens (including phenoxy) is 1. The molecule has 0 aromatic rings. The van der Waals surface area contributed by atoms with Crippen LogP contribution in [0.4, 0.5) is 4.79 Å². The third kappa shape index (κ3) is 3.78. The molecule has 1 aliphatic rings. The number of nitrogens with one attached hydrogen (secondary N) is 1. The van der Waals surface area contributed by atoms with Crippen molar-refractivity contribution in [2.24, 2.45) is 0 Å². The number of thioether (sulfide) groups is 1. The molecule has 0 saturated carbocycles. The van der Waals surface area contributed by atoms with E-state index in [2.05, 4.69) is 12.2 Å². The summed E-state index contributed by atoms with van der Waals surface area (Å²) in [6, 6.07) is 0. The first kappa shape index (κ1) is 11.7. The van der Waals surface area contributed by atoms with Crippen molar-refractivity contribution >= 4 is 17.9 Å². The molecule has 1 N–H and O–H groups in total. The van der Waals surface area contributed by atoms with Crippen LogP contribution in [0.1, 0.15) is 34.1 Å². The second kappa shape index (κ2) is 4.01. The van der Waals surface area contributed by atoms with Gasteiger partial charge in [-0.2, -0.15) is 11.8 Å². The zero-order valence-corrected chi connectivity index (χ0v) is 10.2. The second-order valence-corrected chi connectivity index (χ2v) is 6.59. The SMILES string of the molecule is CC(C)(C)OC(=O)NCC1(C)CCS1. The zero-order valence-electron chi connectivity index (χ0n) is 9.35. The van der Waals surface area contributed by atoms with Gasteiger partial charge < -0.3 is 10.1 Å². The lowest BCUT2D eigenvalue weighted by molar-refractivity contribution is 0.0522. The first-order valence-corrected chi connectivity index (χ1v) is 5.90. The lowest BCUT2D eigenvalue weighted by Crippen LogP contribution is -2.45. The van der Waals surface area contributed by atoms with Crippen LogP contribution in [-0.4, -0.2) is 28.7 Å². The molecule has 0 aromatic heterocycles. The Balaban J connectivity index is 2.21. The number of carbonyl (C=O) groups excluding carboxylic acids is 1. The molecule has 4 heteroatoms. The molecule has 1 atom stereocenters. The molecule has 0 radical (unpaired) electrons. The molecule has 1 amide bonds. The minimum Gasteiger partial charge on any atom is -0.444 e. The van der Waals surface area contributed by atoms with Crippen molar-refractivity contribution in [1.29, 1.82) is 0 Å². The number of hydrogen-bond donors (Lipinski definition) is 1. The fourth-order valence-corrected chi connectivity index (χ4v) is 2.24. The summed E-state index contributed by atoms with van der Waals surface area (Å²) in [7, 11) is 0. The van der Waals surface area contributed by atoms with E-state index in [9.17, 15) is 4.79 Å². The van der Waals surface area contributed by atoms with Crippen molar-refractivity contribution in [2.75, 3.05) is 12.3 Å². The summed E-state index contributed by atoms with van der Waals surface area (Å²) in [6.07, 6.45) is 0.860. The van der Waals surface area contributed by atoms with Gasteiger partial charge in [0.05, 0.1) is 0 Å². The van der Waals surface area contributed by atoms with E-state index in [0.717, 1.165) is 0 Å². The van der Waals surface area contributed by atoms with E-state index in [-0.39, 0.29) is 10.8 Å². The standard InChI is InChI=1S/C10H19NO2S/c1-9(2,3)13-8(12)11-7-10(4)5-6-14-10/h5-7H2,1-4H3,(H,11,12). The highest BCUT2D eigenvalue weighted by Crippen LogP contribution is 2.39. The summed E-state index contributed by atoms with van der Waals surface area (Å²) in [5.41, 5.74) is -0.405. The maximum Gasteiger partial charge on any atom is 0.407 e. The van der Waals surface area contributed by atoms with Crippen molar-refractivity contribution in [3.63, 3.8) is 0 Å². The fraction of sp³-hybridized carbons (Fsp3) is 0.900. The largest absolute Gasteiger partial charge is 0.444 e. The zero-order chi connectivity index (χ0) is 10.8. The molecule has 14 heavy (non-hydrogen) atoms. The minimum atomic E-state index is -0.405. The van der Waals surface area contributed by atoms with Gasteiger partial charge in [0.1, 0.15) is 5.60 Å². The van der Waals surface area contributed by atoms with Crippen LogP contribution < -0.4 is 5.32 Å². The van der Waals surface area contributed by atoms with Gasteiger partial charge in [-0.25, -0.2) is 4.79 Å². The number of amides is 1. The van der Waals surface area contributed by atoms with Crippen molar-refractivity contribution in [3.05, 3.63) is 0 Å². The van der Waals surface area contributed by atoms with Gasteiger partial charge >= 0.3 is 6.09 Å². The van der Waals surface area contributed by atoms with Crippen LogP contribution in [0.3, 0.4) is 0 Å². The van der Waals surface area contributed by atoms with Gasteiger partial charge in [-0.05, 0) is 39.9 Å². The Bertz CT molecular complexity index is 219. The molecule has 1 unspecified atom stereocenters. The normalized spacial score (nSPS) is 26.6. The van der Waals surface area contributed by atoms with Crippen LogP contribution >= 0.6 is 11.8 Å². The molecular weight excluding hydrogens is 198 g/mol. The predicted molar refractivity (Wildman–Crippen MR) is 59.7 cm³/mol. The molecule has 82 valence electrons. The molecule has 1 saturated heterocycles. The summed E-state index contributed by atoms with van der Waals surface area (Å²) in [5, 5.41) is 2.80. The number of rotatable bonds is 2. The third-order valence-corrected chi connectivity index (χ3v) is 3.54. The number of alkyl carbamates (subject to hydrolysis) is 1. The quantitative estimate of drug-likeness (QED) is 0.772. The van der Waals surface area contributed by atoms with Gasteiger partial charge in [-0.3, -0.25) is 0 Å². The molecule has 3 nitrogen and oxygen atoms in total. The molecule has 0 bridgehead atoms. The molecule has 1 aliphatic heterocycles. The first-order chi connectivity index (χ1) is 6.31. The highest BCUT2D eigenvalue weighted by molar-refractivity contribution is 8.02. The molecule has 1 rings (SSSR count). The minimum absolute atomic E-state index is 0.233. The highest BCUT2D eigenvalue weighted by Gasteiger charge is 2.33. The summed E-state index contributed by atoms with van der Waals surface area (Å²) < 4.78 is 5.38. The molecule has 0 aliphatic carbocycles. The lowest BCUT2D eigenvalue weighted by atomic mass is 10.1. The van der Waals surface area contributed by atoms with Gasteiger partial charge in [-0.1, -0.05) is 0 Å². The maximum absolute atomic E-state index is 11.3. The average molecular weight is 217 g/mol. The van der Waals surface area contributed by atoms with Crippen LogP contribution in [0.25, 0.3) is 0 Å². The molecule has 0 spiro atoms. The van der Waals surface area contributed by atoms with E-state index in [4.69, 9.17) is 4.74 Å². The van der Waals surface area contributed by atoms with Gasteiger partial charge in [0.25, 0.3) is 0 Å². The first-order valence-electron chi connectivity index (χ1n) is 4.92. The smallest absolute Gasteiger partial charge is 0.407 e. The van der Waals surface area contributed by atoms with E-state index in [1.165, 1.54) is 12.2 Å². The van der Waals surface area contributed by atoms with Crippen molar-refractivity contribution in [2.45, 2.75) is 44.5 Å². The predicted octanol–water partition coefficient (Wildman–Crippen LogP) is 2.41. The van der Waals surface area contributed by atoms with Crippen LogP contribution in [0.15, 0.2) is 0 Å². The average Bonchev–Trinajstić information content (AvgIpc) is 1.94. The summed E-state index contributed by atoms with van der Waals surface area (Å²) in [6.45, 7) is 8.47. The van der Waals surface area contributed by atoms with E-state index in [1.54, 1.807) is 0 Å². The molecule has 1 fully saturated rings. The van der Waals surface area contributed by atoms with Crippen LogP contribution in [-0.2, 0) is 4.74 Å². The van der Waals surface area contributed by atoms with E-state index in [1.807, 2.05) is 32.5 Å². The van der Waals surface area contributed by atoms with E-state index in [0.29, 0.717) is 6.54 Å². The molecular formula is C10H19NO2S. The van der Waals surface area contributed by atoms with E-state index >= 15 is 0 Å². The Kier molecular flexibility index (Phi) is 3.35. The van der Waals surface area contributed by atoms with Gasteiger partial charge in [0.2, 0.25) is 0 Å². The van der Waals surface area contributed by atoms with Crippen LogP contribution in [0.5, 0.6) is 0 Å². The maximum atomic E-state index is 11.3. The Hall–Kier alpha value is -0.380. The van der Waals surface area contributed by atoms with Crippen LogP contribution in [0, 0.1) is 0 Å². The van der Waals surface area contributed by atoms with Crippen molar-refractivity contribution in [3.8, 4) is 0 Å². The van der Waals surface area contributed by atoms with Crippen molar-refractivity contribution < 1.29 is 9.53 Å². The third-order valence-electron chi connectivity index (χ3n) is 2.09. The second-order valence-electron chi connectivity index (χ2n) is 4.90. The fourth-order valence-electron chi connectivity index (χ4n) is 1.16. The summed E-state index contributed by atoms with van der Waals surface area (Å²) in [5.74, 6) is 1.20. The highest BCUT2D eigenvalue weighted by atomic mass is 32.2. The monoisotopic (exact) mass is 217 g/mol. The van der Waals surface area contributed by atoms with E-state index < -0.39 is 5.60 Å². The Morgan fingerprint density at radius 3 is 2.50 bits per heavy atom. The number of carbonyl (C=O) groups is 1.